The van der Waals surface area contributed by atoms with Crippen LogP contribution >= 0.6 is 46.4 Å². The standard InChI is InChI=1S/C12H10Cl4O5/c1-9-4(7(17)21-8(9)18)10(15)5(13)6(14)11(9,16)12(10,19-2)20-3/h4H,1-3H3/t4-,9-,10-,11-/m1/s1. The lowest BCUT2D eigenvalue weighted by Crippen LogP contribution is -2.60. The van der Waals surface area contributed by atoms with Gasteiger partial charge in [-0.2, -0.15) is 0 Å². The summed E-state index contributed by atoms with van der Waals surface area (Å²) in [6, 6.07) is 0. The van der Waals surface area contributed by atoms with Crippen LogP contribution in [0.3, 0.4) is 0 Å². The first kappa shape index (κ1) is 15.8. The maximum Gasteiger partial charge on any atom is 0.322 e. The molecule has 1 heterocycles. The van der Waals surface area contributed by atoms with Gasteiger partial charge in [-0.05, 0) is 6.92 Å². The molecule has 0 N–H and O–H groups in total. The molecule has 0 aromatic heterocycles. The number of cyclic esters (lactones) is 2. The van der Waals surface area contributed by atoms with Crippen LogP contribution in [0.2, 0.25) is 0 Å². The number of alkyl halides is 2. The van der Waals surface area contributed by atoms with Crippen molar-refractivity contribution < 1.29 is 23.8 Å². The highest BCUT2D eigenvalue weighted by molar-refractivity contribution is 6.53. The van der Waals surface area contributed by atoms with Crippen LogP contribution < -0.4 is 0 Å². The van der Waals surface area contributed by atoms with Gasteiger partial charge in [-0.1, -0.05) is 23.2 Å². The first-order chi connectivity index (χ1) is 9.61. The van der Waals surface area contributed by atoms with Crippen molar-refractivity contribution in [1.29, 1.82) is 0 Å². The van der Waals surface area contributed by atoms with Gasteiger partial charge in [0.25, 0.3) is 0 Å². The fraction of sp³-hybridized carbons (Fsp3) is 0.667. The van der Waals surface area contributed by atoms with E-state index in [2.05, 4.69) is 0 Å². The zero-order chi connectivity index (χ0) is 16.0. The monoisotopic (exact) mass is 374 g/mol. The Morgan fingerprint density at radius 1 is 1.10 bits per heavy atom. The van der Waals surface area contributed by atoms with E-state index in [1.54, 1.807) is 0 Å². The number of hydrogen-bond acceptors (Lipinski definition) is 5. The van der Waals surface area contributed by atoms with Gasteiger partial charge >= 0.3 is 11.9 Å². The molecule has 1 aliphatic heterocycles. The Hall–Kier alpha value is -0.0400. The van der Waals surface area contributed by atoms with Gasteiger partial charge in [0.15, 0.2) is 9.75 Å². The van der Waals surface area contributed by atoms with Crippen LogP contribution in [0.15, 0.2) is 10.1 Å². The van der Waals surface area contributed by atoms with Crippen LogP contribution in [0, 0.1) is 11.3 Å². The molecule has 3 rings (SSSR count). The van der Waals surface area contributed by atoms with Crippen LogP contribution in [0.4, 0.5) is 0 Å². The second kappa shape index (κ2) is 4.08. The quantitative estimate of drug-likeness (QED) is 0.321. The summed E-state index contributed by atoms with van der Waals surface area (Å²) in [5, 5.41) is -0.173. The number of hydrogen-bond donors (Lipinski definition) is 0. The average Bonchev–Trinajstić information content (AvgIpc) is 2.81. The molecule has 9 heteroatoms. The fourth-order valence-electron chi connectivity index (χ4n) is 3.91. The minimum Gasteiger partial charge on any atom is -0.392 e. The van der Waals surface area contributed by atoms with Crippen molar-refractivity contribution in [1.82, 2.24) is 0 Å². The average molecular weight is 376 g/mol. The van der Waals surface area contributed by atoms with Gasteiger partial charge in [-0.15, -0.1) is 23.2 Å². The molecule has 21 heavy (non-hydrogen) atoms. The smallest absolute Gasteiger partial charge is 0.322 e. The first-order valence-corrected chi connectivity index (χ1v) is 7.43. The van der Waals surface area contributed by atoms with E-state index in [9.17, 15) is 9.59 Å². The highest BCUT2D eigenvalue weighted by Crippen LogP contribution is 2.79. The van der Waals surface area contributed by atoms with Gasteiger partial charge in [0.1, 0.15) is 11.3 Å². The molecule has 0 radical (unpaired) electrons. The maximum atomic E-state index is 12.3. The normalized spacial score (nSPS) is 47.1. The number of rotatable bonds is 2. The fourth-order valence-corrected chi connectivity index (χ4v) is 6.18. The molecule has 0 aromatic carbocycles. The van der Waals surface area contributed by atoms with E-state index in [-0.39, 0.29) is 10.1 Å². The van der Waals surface area contributed by atoms with Gasteiger partial charge < -0.3 is 14.2 Å². The molecule has 2 fully saturated rings. The molecule has 2 bridgehead atoms. The summed E-state index contributed by atoms with van der Waals surface area (Å²) in [7, 11) is 2.58. The summed E-state index contributed by atoms with van der Waals surface area (Å²) in [4.78, 5) is 20.9. The number of halogens is 4. The first-order valence-electron chi connectivity index (χ1n) is 5.91. The molecule has 1 saturated carbocycles. The predicted octanol–water partition coefficient (Wildman–Crippen LogP) is 2.35. The Bertz CT molecular complexity index is 615. The van der Waals surface area contributed by atoms with Crippen molar-refractivity contribution in [3.05, 3.63) is 10.1 Å². The summed E-state index contributed by atoms with van der Waals surface area (Å²) in [5.74, 6) is -4.63. The van der Waals surface area contributed by atoms with Gasteiger partial charge in [0.2, 0.25) is 5.79 Å². The third-order valence-corrected chi connectivity index (χ3v) is 7.60. The molecular formula is C12H10Cl4O5. The number of fused-ring (bicyclic) bond motifs is 5. The molecule has 116 valence electrons. The molecule has 4 atom stereocenters. The predicted molar refractivity (Wildman–Crippen MR) is 75.3 cm³/mol. The minimum absolute atomic E-state index is 0.0846. The van der Waals surface area contributed by atoms with Crippen molar-refractivity contribution in [3.63, 3.8) is 0 Å². The van der Waals surface area contributed by atoms with Crippen LogP contribution in [-0.4, -0.2) is 41.7 Å². The SMILES string of the molecule is COC1(OC)[C@]2(Cl)C(Cl)=C(Cl)[C@@]1(Cl)[C@@]1(C)C(=O)OC(=O)[C@H]12. The second-order valence-corrected chi connectivity index (χ2v) is 7.29. The van der Waals surface area contributed by atoms with Gasteiger partial charge in [-0.3, -0.25) is 9.59 Å². The Morgan fingerprint density at radius 2 is 1.62 bits per heavy atom. The molecular weight excluding hydrogens is 366 g/mol. The zero-order valence-corrected chi connectivity index (χ0v) is 14.2. The van der Waals surface area contributed by atoms with Gasteiger partial charge in [0.05, 0.1) is 10.1 Å². The van der Waals surface area contributed by atoms with Crippen molar-refractivity contribution in [2.75, 3.05) is 14.2 Å². The van der Waals surface area contributed by atoms with Crippen LogP contribution in [0.25, 0.3) is 0 Å². The number of esters is 2. The van der Waals surface area contributed by atoms with Gasteiger partial charge in [-0.25, -0.2) is 0 Å². The van der Waals surface area contributed by atoms with Crippen molar-refractivity contribution in [3.8, 4) is 0 Å². The highest BCUT2D eigenvalue weighted by atomic mass is 35.5. The zero-order valence-electron chi connectivity index (χ0n) is 11.1. The molecule has 0 aromatic rings. The van der Waals surface area contributed by atoms with Crippen molar-refractivity contribution >= 4 is 58.3 Å². The van der Waals surface area contributed by atoms with Crippen molar-refractivity contribution in [2.24, 2.45) is 11.3 Å². The second-order valence-electron chi connectivity index (χ2n) is 5.37. The number of ether oxygens (including phenoxy) is 3. The molecule has 0 spiro atoms. The van der Waals surface area contributed by atoms with Crippen LogP contribution in [0.5, 0.6) is 0 Å². The highest BCUT2D eigenvalue weighted by Gasteiger charge is 2.94. The van der Waals surface area contributed by atoms with E-state index in [0.29, 0.717) is 0 Å². The van der Waals surface area contributed by atoms with E-state index in [1.807, 2.05) is 0 Å². The summed E-state index contributed by atoms with van der Waals surface area (Å²) >= 11 is 25.8. The number of carbonyl (C=O) groups is 2. The minimum atomic E-state index is -1.79. The summed E-state index contributed by atoms with van der Waals surface area (Å²) in [6.45, 7) is 1.44. The molecule has 2 aliphatic carbocycles. The molecule has 3 aliphatic rings. The largest absolute Gasteiger partial charge is 0.392 e. The third-order valence-electron chi connectivity index (χ3n) is 4.87. The molecule has 0 unspecified atom stereocenters. The molecule has 0 amide bonds. The summed E-state index contributed by atoms with van der Waals surface area (Å²) in [6.07, 6.45) is 0. The van der Waals surface area contributed by atoms with E-state index in [1.165, 1.54) is 21.1 Å². The van der Waals surface area contributed by atoms with E-state index >= 15 is 0 Å². The van der Waals surface area contributed by atoms with Crippen molar-refractivity contribution in [2.45, 2.75) is 22.5 Å². The van der Waals surface area contributed by atoms with E-state index < -0.39 is 38.8 Å². The lowest BCUT2D eigenvalue weighted by Gasteiger charge is -2.42. The van der Waals surface area contributed by atoms with Crippen LogP contribution in [0.1, 0.15) is 6.92 Å². The van der Waals surface area contributed by atoms with Gasteiger partial charge in [0, 0.05) is 14.2 Å². The Balaban J connectivity index is 2.46. The summed E-state index contributed by atoms with van der Waals surface area (Å²) in [5.41, 5.74) is -1.56. The van der Waals surface area contributed by atoms with E-state index in [4.69, 9.17) is 60.6 Å². The maximum absolute atomic E-state index is 12.3. The Kier molecular flexibility index (Phi) is 3.07. The summed E-state index contributed by atoms with van der Waals surface area (Å²) < 4.78 is 15.6. The number of methoxy groups -OCH3 is 2. The third kappa shape index (κ3) is 1.15. The Morgan fingerprint density at radius 3 is 2.10 bits per heavy atom. The Labute approximate surface area is 140 Å². The molecule has 1 saturated heterocycles. The number of carbonyl (C=O) groups excluding carboxylic acids is 2. The lowest BCUT2D eigenvalue weighted by molar-refractivity contribution is -0.226. The topological polar surface area (TPSA) is 61.8 Å². The van der Waals surface area contributed by atoms with Crippen LogP contribution in [-0.2, 0) is 23.8 Å². The lowest BCUT2D eigenvalue weighted by atomic mass is 9.70. The molecule has 5 nitrogen and oxygen atoms in total. The van der Waals surface area contributed by atoms with E-state index in [0.717, 1.165) is 0 Å².